The summed E-state index contributed by atoms with van der Waals surface area (Å²) >= 11 is 0. The van der Waals surface area contributed by atoms with Crippen molar-refractivity contribution in [3.63, 3.8) is 0 Å². The Morgan fingerprint density at radius 1 is 0.377 bits per heavy atom. The van der Waals surface area contributed by atoms with Crippen molar-refractivity contribution in [1.29, 1.82) is 0 Å². The van der Waals surface area contributed by atoms with E-state index >= 15 is 0 Å². The number of anilines is 1. The molecule has 288 valence electrons. The number of hydrogen-bond donors (Lipinski definition) is 1. The van der Waals surface area contributed by atoms with Crippen LogP contribution in [0.5, 0.6) is 0 Å². The van der Waals surface area contributed by atoms with E-state index < -0.39 is 0 Å². The fourth-order valence-corrected chi connectivity index (χ4v) is 8.31. The molecule has 5 nitrogen and oxygen atoms in total. The van der Waals surface area contributed by atoms with E-state index in [1.165, 1.54) is 22.4 Å². The van der Waals surface area contributed by atoms with E-state index in [0.717, 1.165) is 29.6 Å². The summed E-state index contributed by atoms with van der Waals surface area (Å²) in [6.07, 6.45) is 0. The molecule has 0 saturated heterocycles. The third-order valence-corrected chi connectivity index (χ3v) is 10.9. The topological polar surface area (TPSA) is 80.3 Å². The predicted molar refractivity (Wildman–Crippen MR) is 216 cm³/mol. The first kappa shape index (κ1) is 56.3. The minimum atomic E-state index is 0. The van der Waals surface area contributed by atoms with Crippen LogP contribution < -0.4 is 5.32 Å². The van der Waals surface area contributed by atoms with Crippen molar-refractivity contribution in [3.8, 4) is 0 Å². The smallest absolute Gasteiger partial charge is 0.545 e. The second kappa shape index (κ2) is 31.0. The number of para-hydroxylation sites is 1. The molecule has 1 N–H and O–H groups in total. The Hall–Kier alpha value is -3.39. The van der Waals surface area contributed by atoms with Gasteiger partial charge in [0.05, 0.1) is 0 Å². The van der Waals surface area contributed by atoms with Crippen molar-refractivity contribution in [3.05, 3.63) is 153 Å². The first-order valence-electron chi connectivity index (χ1n) is 16.8. The zero-order valence-corrected chi connectivity index (χ0v) is 35.9. The van der Waals surface area contributed by atoms with Crippen LogP contribution in [0.25, 0.3) is 0 Å². The molecule has 0 heterocycles. The molecule has 0 radical (unpaired) electrons. The third kappa shape index (κ3) is 14.7. The summed E-state index contributed by atoms with van der Waals surface area (Å²) in [7, 11) is 0. The summed E-state index contributed by atoms with van der Waals surface area (Å²) in [4.78, 5) is 31.0. The number of nitrogens with one attached hydrogen (secondary N) is 1. The Morgan fingerprint density at radius 3 is 0.906 bits per heavy atom. The van der Waals surface area contributed by atoms with Gasteiger partial charge in [0, 0.05) is 11.7 Å². The van der Waals surface area contributed by atoms with Crippen LogP contribution >= 0.6 is 0 Å². The fraction of sp³-hybridized carbons (Fsp3) is 0.348. The summed E-state index contributed by atoms with van der Waals surface area (Å²) in [5.74, 6) is 6.25. The van der Waals surface area contributed by atoms with Crippen LogP contribution in [0.1, 0.15) is 76.0 Å². The molecular formula is C46H59NO4Ru2. The minimum Gasteiger partial charge on any atom is -0.545 e. The van der Waals surface area contributed by atoms with E-state index in [9.17, 15) is 0 Å². The molecule has 2 aliphatic carbocycles. The molecule has 6 rings (SSSR count). The minimum absolute atomic E-state index is 0. The van der Waals surface area contributed by atoms with E-state index in [1.807, 2.05) is 0 Å². The van der Waals surface area contributed by atoms with Crippen LogP contribution in [0.2, 0.25) is 0 Å². The quantitative estimate of drug-likeness (QED) is 0.123. The Morgan fingerprint density at radius 2 is 0.623 bits per heavy atom. The van der Waals surface area contributed by atoms with Gasteiger partial charge < -0.3 is 39.3 Å². The van der Waals surface area contributed by atoms with Gasteiger partial charge in [0.1, 0.15) is 0 Å². The Kier molecular flexibility index (Phi) is 33.0. The Bertz CT molecular complexity index is 1340. The van der Waals surface area contributed by atoms with E-state index in [-0.39, 0.29) is 53.8 Å². The summed E-state index contributed by atoms with van der Waals surface area (Å²) in [5.41, 5.74) is 5.67. The average Bonchev–Trinajstić information content (AvgIpc) is 3.54. The van der Waals surface area contributed by atoms with E-state index in [0.29, 0.717) is 29.7 Å². The largest absolute Gasteiger partial charge is 4.00 e. The second-order valence-electron chi connectivity index (χ2n) is 13.0. The SMILES string of the molecule is CC1C(C)C(C)C(c2ccccc2)C1C.CC1C(Nc2ccccc2)C(C)C(c2ccccc2)C1c1ccccc1.[CH-]=O.[CH-]=O.[CH-]=O.[CH-]=O.[CH3-].[CH3-].[Ru+2].[Ru+4]. The molecule has 4 aromatic carbocycles. The van der Waals surface area contributed by atoms with Crippen LogP contribution in [0, 0.1) is 50.4 Å². The summed E-state index contributed by atoms with van der Waals surface area (Å²) < 4.78 is 0. The Balaban J connectivity index is -0.000000386. The maximum atomic E-state index is 7.75. The monoisotopic (exact) mass is 893 g/mol. The van der Waals surface area contributed by atoms with Gasteiger partial charge in [-0.1, -0.05) is 151 Å². The van der Waals surface area contributed by atoms with E-state index in [4.69, 9.17) is 19.2 Å². The van der Waals surface area contributed by atoms with Crippen molar-refractivity contribution in [2.75, 3.05) is 5.32 Å². The molecule has 2 fully saturated rings. The third-order valence-electron chi connectivity index (χ3n) is 10.9. The molecule has 0 bridgehead atoms. The van der Waals surface area contributed by atoms with Gasteiger partial charge in [-0.3, -0.25) is 27.2 Å². The molecule has 0 aromatic heterocycles. The van der Waals surface area contributed by atoms with Crippen molar-refractivity contribution in [2.24, 2.45) is 35.5 Å². The van der Waals surface area contributed by atoms with Gasteiger partial charge in [-0.15, -0.1) is 0 Å². The zero-order valence-electron chi connectivity index (χ0n) is 32.5. The normalized spacial score (nSPS) is 25.5. The summed E-state index contributed by atoms with van der Waals surface area (Å²) in [6, 6.07) is 44.3. The van der Waals surface area contributed by atoms with Gasteiger partial charge in [-0.25, -0.2) is 0 Å². The van der Waals surface area contributed by atoms with Gasteiger partial charge in [0.2, 0.25) is 0 Å². The van der Waals surface area contributed by atoms with Crippen LogP contribution in [0.3, 0.4) is 0 Å². The number of carbonyl (C=O) groups excluding carboxylic acids is 4. The van der Waals surface area contributed by atoms with Crippen molar-refractivity contribution < 1.29 is 58.1 Å². The number of rotatable bonds is 5. The van der Waals surface area contributed by atoms with Gasteiger partial charge >= 0.3 is 39.0 Å². The predicted octanol–water partition coefficient (Wildman–Crippen LogP) is 10.4. The molecule has 2 saturated carbocycles. The first-order valence-corrected chi connectivity index (χ1v) is 16.8. The summed E-state index contributed by atoms with van der Waals surface area (Å²) in [6.45, 7) is 27.5. The molecule has 4 aromatic rings. The maximum Gasteiger partial charge on any atom is 4.00 e. The average molecular weight is 892 g/mol. The molecule has 0 spiro atoms. The molecular weight excluding hydrogens is 833 g/mol. The van der Waals surface area contributed by atoms with Crippen molar-refractivity contribution in [2.45, 2.75) is 65.3 Å². The summed E-state index contributed by atoms with van der Waals surface area (Å²) in [5, 5.41) is 3.84. The van der Waals surface area contributed by atoms with Crippen LogP contribution in [-0.2, 0) is 58.1 Å². The zero-order chi connectivity index (χ0) is 36.9. The van der Waals surface area contributed by atoms with E-state index in [1.54, 1.807) is 0 Å². The molecule has 0 amide bonds. The number of hydrogen-bond acceptors (Lipinski definition) is 5. The van der Waals surface area contributed by atoms with Gasteiger partial charge in [-0.2, -0.15) is 0 Å². The molecule has 2 aliphatic rings. The Labute approximate surface area is 348 Å². The number of benzene rings is 4. The standard InChI is InChI=1S/C25H27N.C15H22.4CHO.2CH3.2Ru/c1-18-23(20-12-6-3-7-13-20)24(21-14-8-4-9-15-21)19(2)25(18)26-22-16-10-5-11-17-22;1-10-11(2)13(4)15(12(10)3)14-8-6-5-7-9-14;4*1-2;;;;/h3-19,23-26H,1-2H3;5-13,15H,1-4H3;4*1H;2*1H3;;/q;;6*-1;+2;+4. The van der Waals surface area contributed by atoms with Crippen molar-refractivity contribution in [1.82, 2.24) is 0 Å². The molecule has 53 heavy (non-hydrogen) atoms. The van der Waals surface area contributed by atoms with Gasteiger partial charge in [0.15, 0.2) is 0 Å². The maximum absolute atomic E-state index is 7.75. The van der Waals surface area contributed by atoms with Gasteiger partial charge in [-0.05, 0) is 82.1 Å². The fourth-order valence-electron chi connectivity index (χ4n) is 8.31. The van der Waals surface area contributed by atoms with Crippen LogP contribution in [0.15, 0.2) is 121 Å². The molecule has 7 heteroatoms. The van der Waals surface area contributed by atoms with Gasteiger partial charge in [0.25, 0.3) is 0 Å². The van der Waals surface area contributed by atoms with E-state index in [2.05, 4.69) is 195 Å². The van der Waals surface area contributed by atoms with Crippen LogP contribution in [-0.4, -0.2) is 33.2 Å². The molecule has 8 atom stereocenters. The van der Waals surface area contributed by atoms with Crippen LogP contribution in [0.4, 0.5) is 5.69 Å². The van der Waals surface area contributed by atoms with Crippen molar-refractivity contribution >= 4 is 32.8 Å². The second-order valence-corrected chi connectivity index (χ2v) is 13.0. The molecule has 0 aliphatic heterocycles. The first-order chi connectivity index (χ1) is 23.9. The molecule has 8 unspecified atom stereocenters.